The third-order valence-corrected chi connectivity index (χ3v) is 6.37. The van der Waals surface area contributed by atoms with Gasteiger partial charge in [-0.2, -0.15) is 0 Å². The maximum Gasteiger partial charge on any atom is 0.262 e. The summed E-state index contributed by atoms with van der Waals surface area (Å²) in [5.41, 5.74) is 0.552. The summed E-state index contributed by atoms with van der Waals surface area (Å²) in [5.74, 6) is 0.756. The molecule has 0 radical (unpaired) electrons. The summed E-state index contributed by atoms with van der Waals surface area (Å²) in [5, 5.41) is 4.30. The molecule has 1 fully saturated rings. The van der Waals surface area contributed by atoms with Gasteiger partial charge in [0.15, 0.2) is 5.16 Å². The van der Waals surface area contributed by atoms with Gasteiger partial charge >= 0.3 is 0 Å². The van der Waals surface area contributed by atoms with Gasteiger partial charge in [-0.3, -0.25) is 14.2 Å². The number of para-hydroxylation sites is 1. The van der Waals surface area contributed by atoms with Crippen LogP contribution in [-0.2, 0) is 9.53 Å². The zero-order valence-electron chi connectivity index (χ0n) is 16.8. The van der Waals surface area contributed by atoms with Gasteiger partial charge in [-0.25, -0.2) is 4.98 Å². The van der Waals surface area contributed by atoms with E-state index >= 15 is 0 Å². The van der Waals surface area contributed by atoms with Crippen LogP contribution in [0, 0.1) is 5.92 Å². The highest BCUT2D eigenvalue weighted by Crippen LogP contribution is 2.25. The smallest absolute Gasteiger partial charge is 0.262 e. The molecule has 0 aliphatic heterocycles. The molecule has 3 atom stereocenters. The Balaban J connectivity index is 1.80. The Morgan fingerprint density at radius 1 is 1.36 bits per heavy atom. The van der Waals surface area contributed by atoms with Crippen LogP contribution in [0.3, 0.4) is 0 Å². The number of rotatable bonds is 7. The van der Waals surface area contributed by atoms with Crippen molar-refractivity contribution in [3.8, 4) is 0 Å². The number of fused-ring (bicyclic) bond motifs is 1. The Hall–Kier alpha value is -1.86. The summed E-state index contributed by atoms with van der Waals surface area (Å²) in [6, 6.07) is 7.40. The Labute approximate surface area is 170 Å². The van der Waals surface area contributed by atoms with E-state index in [0.29, 0.717) is 28.6 Å². The maximum atomic E-state index is 13.0. The molecule has 1 heterocycles. The molecule has 0 saturated heterocycles. The first-order valence-electron chi connectivity index (χ1n) is 9.93. The van der Waals surface area contributed by atoms with E-state index in [1.165, 1.54) is 31.0 Å². The van der Waals surface area contributed by atoms with Crippen LogP contribution in [0.25, 0.3) is 10.9 Å². The molecule has 3 rings (SSSR count). The number of ether oxygens (including phenoxy) is 1. The summed E-state index contributed by atoms with van der Waals surface area (Å²) >= 11 is 1.31. The number of aromatic nitrogens is 2. The highest BCUT2D eigenvalue weighted by atomic mass is 32.2. The van der Waals surface area contributed by atoms with Gasteiger partial charge in [0.1, 0.15) is 0 Å². The number of hydrogen-bond donors (Lipinski definition) is 1. The zero-order valence-corrected chi connectivity index (χ0v) is 17.6. The van der Waals surface area contributed by atoms with Crippen LogP contribution in [0.1, 0.15) is 45.6 Å². The maximum absolute atomic E-state index is 13.0. The van der Waals surface area contributed by atoms with Crippen LogP contribution in [0.5, 0.6) is 0 Å². The van der Waals surface area contributed by atoms with Crippen LogP contribution in [0.4, 0.5) is 0 Å². The van der Waals surface area contributed by atoms with Gasteiger partial charge in [0, 0.05) is 13.2 Å². The number of methoxy groups -OCH3 is 1. The van der Waals surface area contributed by atoms with Gasteiger partial charge in [0.2, 0.25) is 5.91 Å². The van der Waals surface area contributed by atoms with Crippen molar-refractivity contribution < 1.29 is 9.53 Å². The molecule has 152 valence electrons. The number of amides is 1. The minimum Gasteiger partial charge on any atom is -0.383 e. The molecule has 1 saturated carbocycles. The third kappa shape index (κ3) is 4.75. The van der Waals surface area contributed by atoms with E-state index in [1.54, 1.807) is 17.7 Å². The molecule has 1 aliphatic rings. The van der Waals surface area contributed by atoms with Crippen molar-refractivity contribution in [2.45, 2.75) is 56.8 Å². The average molecular weight is 404 g/mol. The van der Waals surface area contributed by atoms with E-state index < -0.39 is 0 Å². The van der Waals surface area contributed by atoms with Crippen LogP contribution >= 0.6 is 11.8 Å². The Morgan fingerprint density at radius 2 is 2.11 bits per heavy atom. The summed E-state index contributed by atoms with van der Waals surface area (Å²) in [6.45, 7) is 4.53. The highest BCUT2D eigenvalue weighted by Gasteiger charge is 2.23. The van der Waals surface area contributed by atoms with E-state index in [1.807, 2.05) is 25.1 Å². The van der Waals surface area contributed by atoms with E-state index in [0.717, 1.165) is 6.42 Å². The van der Waals surface area contributed by atoms with Crippen molar-refractivity contribution in [2.24, 2.45) is 5.92 Å². The first kappa shape index (κ1) is 20.9. The molecule has 0 spiro atoms. The fourth-order valence-electron chi connectivity index (χ4n) is 3.84. The molecule has 0 unspecified atom stereocenters. The first-order chi connectivity index (χ1) is 13.5. The van der Waals surface area contributed by atoms with Crippen molar-refractivity contribution in [1.82, 2.24) is 14.9 Å². The summed E-state index contributed by atoms with van der Waals surface area (Å²) < 4.78 is 6.89. The molecular weight excluding hydrogens is 374 g/mol. The van der Waals surface area contributed by atoms with Gasteiger partial charge < -0.3 is 10.1 Å². The second kappa shape index (κ2) is 9.56. The van der Waals surface area contributed by atoms with Crippen molar-refractivity contribution in [3.63, 3.8) is 0 Å². The monoisotopic (exact) mass is 403 g/mol. The third-order valence-electron chi connectivity index (χ3n) is 5.41. The second-order valence-corrected chi connectivity index (χ2v) is 8.56. The summed E-state index contributed by atoms with van der Waals surface area (Å²) in [4.78, 5) is 30.2. The number of nitrogens with zero attached hydrogens (tertiary/aromatic N) is 2. The molecule has 1 aromatic heterocycles. The van der Waals surface area contributed by atoms with E-state index in [4.69, 9.17) is 4.74 Å². The van der Waals surface area contributed by atoms with E-state index in [9.17, 15) is 9.59 Å². The quantitative estimate of drug-likeness (QED) is 0.567. The van der Waals surface area contributed by atoms with Crippen LogP contribution < -0.4 is 10.9 Å². The number of benzene rings is 1. The van der Waals surface area contributed by atoms with E-state index in [2.05, 4.69) is 17.2 Å². The number of hydrogen-bond acceptors (Lipinski definition) is 5. The molecule has 6 nitrogen and oxygen atoms in total. The van der Waals surface area contributed by atoms with Gasteiger partial charge in [-0.1, -0.05) is 43.7 Å². The van der Waals surface area contributed by atoms with Gasteiger partial charge in [0.25, 0.3) is 5.56 Å². The average Bonchev–Trinajstić information content (AvgIpc) is 2.68. The van der Waals surface area contributed by atoms with Crippen molar-refractivity contribution in [2.75, 3.05) is 19.5 Å². The molecule has 2 aromatic rings. The largest absolute Gasteiger partial charge is 0.383 e. The number of nitrogens with one attached hydrogen (secondary N) is 1. The van der Waals surface area contributed by atoms with Gasteiger partial charge in [-0.15, -0.1) is 0 Å². The Bertz CT molecular complexity index is 883. The normalized spacial score (nSPS) is 20.8. The molecule has 1 amide bonds. The summed E-state index contributed by atoms with van der Waals surface area (Å²) in [6.07, 6.45) is 4.62. The van der Waals surface area contributed by atoms with Crippen LogP contribution in [-0.4, -0.2) is 41.0 Å². The minimum absolute atomic E-state index is 0.00268. The van der Waals surface area contributed by atoms with Crippen molar-refractivity contribution in [3.05, 3.63) is 34.6 Å². The SMILES string of the molecule is COC[C@H](C)n1c(SCC(=O)N[C@@H]2CCCC[C@@H]2C)nc2ccccc2c1=O. The Kier molecular flexibility index (Phi) is 7.13. The first-order valence-corrected chi connectivity index (χ1v) is 10.9. The number of thioether (sulfide) groups is 1. The fraction of sp³-hybridized carbons (Fsp3) is 0.571. The number of carbonyl (C=O) groups excluding carboxylic acids is 1. The Morgan fingerprint density at radius 3 is 2.86 bits per heavy atom. The lowest BCUT2D eigenvalue weighted by Crippen LogP contribution is -2.42. The minimum atomic E-state index is -0.168. The number of carbonyl (C=O) groups is 1. The van der Waals surface area contributed by atoms with Gasteiger partial charge in [-0.05, 0) is 37.8 Å². The van der Waals surface area contributed by atoms with Crippen LogP contribution in [0.15, 0.2) is 34.2 Å². The van der Waals surface area contributed by atoms with Crippen molar-refractivity contribution >= 4 is 28.6 Å². The molecule has 28 heavy (non-hydrogen) atoms. The standard InChI is InChI=1S/C21H29N3O3S/c1-14-8-4-6-10-17(14)22-19(25)13-28-21-23-18-11-7-5-9-16(18)20(26)24(21)15(2)12-27-3/h5,7,9,11,14-15,17H,4,6,8,10,12-13H2,1-3H3,(H,22,25)/t14-,15-,17+/m0/s1. The lowest BCUT2D eigenvalue weighted by Gasteiger charge is -2.29. The molecule has 7 heteroatoms. The predicted octanol–water partition coefficient (Wildman–Crippen LogP) is 3.39. The highest BCUT2D eigenvalue weighted by molar-refractivity contribution is 7.99. The topological polar surface area (TPSA) is 73.2 Å². The molecule has 0 bridgehead atoms. The fourth-order valence-corrected chi connectivity index (χ4v) is 4.75. The second-order valence-electron chi connectivity index (χ2n) is 7.62. The summed E-state index contributed by atoms with van der Waals surface area (Å²) in [7, 11) is 1.61. The molecule has 1 aromatic carbocycles. The van der Waals surface area contributed by atoms with Crippen molar-refractivity contribution in [1.29, 1.82) is 0 Å². The lowest BCUT2D eigenvalue weighted by atomic mass is 9.86. The van der Waals surface area contributed by atoms with E-state index in [-0.39, 0.29) is 29.3 Å². The molecular formula is C21H29N3O3S. The van der Waals surface area contributed by atoms with Crippen LogP contribution in [0.2, 0.25) is 0 Å². The molecule has 1 aliphatic carbocycles. The predicted molar refractivity (Wildman–Crippen MR) is 113 cm³/mol. The lowest BCUT2D eigenvalue weighted by molar-refractivity contribution is -0.119. The van der Waals surface area contributed by atoms with Gasteiger partial charge in [0.05, 0.1) is 29.3 Å². The zero-order chi connectivity index (χ0) is 20.1. The molecule has 1 N–H and O–H groups in total.